The highest BCUT2D eigenvalue weighted by Gasteiger charge is 2.28. The SMILES string of the molecule is CC/C=C\C/C=C\C/C=C\C/C=C\CCCCCCC(=O)OC(COC(=O)CCCCC/C=C\C/C=C\C/C=C\CC)COP(=O)(O)OCC(CO)OC(=O)CCCCCCC/C=C\CCCCCC. The Balaban J connectivity index is 4.83. The Kier molecular flexibility index (Phi) is 49.1. The first-order chi connectivity index (χ1) is 34.2. The summed E-state index contributed by atoms with van der Waals surface area (Å²) in [6.07, 6.45) is 59.4. The molecule has 3 unspecified atom stereocenters. The lowest BCUT2D eigenvalue weighted by Crippen LogP contribution is -2.30. The number of carbonyl (C=O) groups excluding carboxylic acids is 3. The molecule has 0 aliphatic heterocycles. The molecule has 0 aromatic heterocycles. The van der Waals surface area contributed by atoms with Gasteiger partial charge in [0, 0.05) is 19.3 Å². The molecule has 0 amide bonds. The highest BCUT2D eigenvalue weighted by molar-refractivity contribution is 7.47. The number of phosphoric ester groups is 1. The first kappa shape index (κ1) is 66.4. The fourth-order valence-electron chi connectivity index (χ4n) is 6.88. The van der Waals surface area contributed by atoms with Crippen LogP contribution in [-0.2, 0) is 42.2 Å². The van der Waals surface area contributed by atoms with E-state index in [-0.39, 0.29) is 25.9 Å². The fourth-order valence-corrected chi connectivity index (χ4v) is 7.67. The molecule has 0 aromatic rings. The van der Waals surface area contributed by atoms with E-state index in [1.165, 1.54) is 25.7 Å². The molecule has 400 valence electrons. The Bertz CT molecular complexity index is 1540. The van der Waals surface area contributed by atoms with Gasteiger partial charge in [-0.2, -0.15) is 0 Å². The lowest BCUT2D eigenvalue weighted by molar-refractivity contribution is -0.161. The third-order valence-corrected chi connectivity index (χ3v) is 11.9. The van der Waals surface area contributed by atoms with Crippen LogP contribution < -0.4 is 0 Å². The van der Waals surface area contributed by atoms with Crippen LogP contribution in [-0.4, -0.2) is 66.5 Å². The van der Waals surface area contributed by atoms with Gasteiger partial charge in [0.1, 0.15) is 12.7 Å². The maximum Gasteiger partial charge on any atom is 0.472 e. The molecule has 0 aliphatic rings. The second kappa shape index (κ2) is 51.7. The van der Waals surface area contributed by atoms with Gasteiger partial charge in [-0.3, -0.25) is 23.4 Å². The van der Waals surface area contributed by atoms with Crippen molar-refractivity contribution < 1.29 is 52.2 Å². The maximum absolute atomic E-state index is 12.9. The molecule has 0 bridgehead atoms. The third kappa shape index (κ3) is 49.4. The van der Waals surface area contributed by atoms with E-state index < -0.39 is 57.8 Å². The summed E-state index contributed by atoms with van der Waals surface area (Å²) in [4.78, 5) is 48.4. The minimum absolute atomic E-state index is 0.128. The minimum Gasteiger partial charge on any atom is -0.462 e. The predicted octanol–water partition coefficient (Wildman–Crippen LogP) is 15.7. The molecule has 3 atom stereocenters. The minimum atomic E-state index is -4.76. The molecule has 70 heavy (non-hydrogen) atoms. The van der Waals surface area contributed by atoms with Gasteiger partial charge in [-0.15, -0.1) is 0 Å². The van der Waals surface area contributed by atoms with Crippen LogP contribution >= 0.6 is 7.82 Å². The van der Waals surface area contributed by atoms with Gasteiger partial charge in [0.25, 0.3) is 0 Å². The second-order valence-electron chi connectivity index (χ2n) is 17.6. The fraction of sp³-hybridized carbons (Fsp3) is 0.672. The number of unbranched alkanes of at least 4 members (excludes halogenated alkanes) is 16. The molecule has 0 spiro atoms. The van der Waals surface area contributed by atoms with Crippen LogP contribution in [0.5, 0.6) is 0 Å². The number of allylic oxidation sites excluding steroid dienone is 16. The zero-order chi connectivity index (χ0) is 51.3. The molecular formula is C58H97O11P. The van der Waals surface area contributed by atoms with Crippen molar-refractivity contribution in [2.24, 2.45) is 0 Å². The van der Waals surface area contributed by atoms with Crippen LogP contribution in [0, 0.1) is 0 Å². The van der Waals surface area contributed by atoms with Crippen LogP contribution in [0.1, 0.15) is 213 Å². The lowest BCUT2D eigenvalue weighted by atomic mass is 10.1. The van der Waals surface area contributed by atoms with Crippen LogP contribution in [0.25, 0.3) is 0 Å². The molecule has 0 saturated carbocycles. The molecular weight excluding hydrogens is 904 g/mol. The van der Waals surface area contributed by atoms with Crippen LogP contribution in [0.15, 0.2) is 97.2 Å². The quantitative estimate of drug-likeness (QED) is 0.0197. The zero-order valence-electron chi connectivity index (χ0n) is 43.9. The molecule has 12 heteroatoms. The zero-order valence-corrected chi connectivity index (χ0v) is 44.8. The van der Waals surface area contributed by atoms with Crippen molar-refractivity contribution in [1.82, 2.24) is 0 Å². The lowest BCUT2D eigenvalue weighted by Gasteiger charge is -2.21. The van der Waals surface area contributed by atoms with E-state index in [0.717, 1.165) is 128 Å². The Morgan fingerprint density at radius 3 is 1.17 bits per heavy atom. The number of ether oxygens (including phenoxy) is 3. The Morgan fingerprint density at radius 2 is 0.743 bits per heavy atom. The monoisotopic (exact) mass is 1000 g/mol. The molecule has 0 aliphatic carbocycles. The average molecular weight is 1000 g/mol. The maximum atomic E-state index is 12.9. The molecule has 0 rings (SSSR count). The van der Waals surface area contributed by atoms with Crippen LogP contribution in [0.3, 0.4) is 0 Å². The first-order valence-electron chi connectivity index (χ1n) is 27.1. The average Bonchev–Trinajstić information content (AvgIpc) is 3.35. The van der Waals surface area contributed by atoms with E-state index in [1.807, 2.05) is 0 Å². The summed E-state index contributed by atoms with van der Waals surface area (Å²) in [7, 11) is -4.76. The number of rotatable bonds is 49. The van der Waals surface area contributed by atoms with Crippen molar-refractivity contribution in [3.63, 3.8) is 0 Å². The second-order valence-corrected chi connectivity index (χ2v) is 19.1. The molecule has 0 saturated heterocycles. The highest BCUT2D eigenvalue weighted by Crippen LogP contribution is 2.43. The normalized spacial score (nSPS) is 14.2. The molecule has 2 N–H and O–H groups in total. The van der Waals surface area contributed by atoms with Gasteiger partial charge in [0.05, 0.1) is 19.8 Å². The van der Waals surface area contributed by atoms with Gasteiger partial charge < -0.3 is 24.2 Å². The molecule has 0 fully saturated rings. The number of aliphatic hydroxyl groups is 1. The van der Waals surface area contributed by atoms with Gasteiger partial charge in [0.15, 0.2) is 6.10 Å². The van der Waals surface area contributed by atoms with Gasteiger partial charge in [-0.1, -0.05) is 176 Å². The van der Waals surface area contributed by atoms with Crippen molar-refractivity contribution in [3.8, 4) is 0 Å². The van der Waals surface area contributed by atoms with Crippen LogP contribution in [0.4, 0.5) is 0 Å². The topological polar surface area (TPSA) is 155 Å². The van der Waals surface area contributed by atoms with E-state index >= 15 is 0 Å². The Labute approximate surface area is 425 Å². The summed E-state index contributed by atoms with van der Waals surface area (Å²) in [6, 6.07) is 0. The van der Waals surface area contributed by atoms with E-state index in [4.69, 9.17) is 23.3 Å². The van der Waals surface area contributed by atoms with Gasteiger partial charge in [-0.25, -0.2) is 4.57 Å². The summed E-state index contributed by atoms with van der Waals surface area (Å²) in [5.74, 6) is -1.55. The van der Waals surface area contributed by atoms with Crippen molar-refractivity contribution in [3.05, 3.63) is 97.2 Å². The van der Waals surface area contributed by atoms with Crippen molar-refractivity contribution >= 4 is 25.7 Å². The Hall–Kier alpha value is -3.60. The summed E-state index contributed by atoms with van der Waals surface area (Å²) in [6.45, 7) is 4.31. The summed E-state index contributed by atoms with van der Waals surface area (Å²) >= 11 is 0. The number of hydrogen-bond donors (Lipinski definition) is 2. The van der Waals surface area contributed by atoms with E-state index in [0.29, 0.717) is 19.3 Å². The number of phosphoric acid groups is 1. The highest BCUT2D eigenvalue weighted by atomic mass is 31.2. The van der Waals surface area contributed by atoms with Crippen molar-refractivity contribution in [2.45, 2.75) is 226 Å². The largest absolute Gasteiger partial charge is 0.472 e. The van der Waals surface area contributed by atoms with Crippen molar-refractivity contribution in [2.75, 3.05) is 26.4 Å². The number of aliphatic hydroxyl groups excluding tert-OH is 1. The molecule has 0 heterocycles. The number of esters is 3. The first-order valence-corrected chi connectivity index (χ1v) is 28.6. The van der Waals surface area contributed by atoms with Crippen molar-refractivity contribution in [1.29, 1.82) is 0 Å². The smallest absolute Gasteiger partial charge is 0.462 e. The predicted molar refractivity (Wildman–Crippen MR) is 288 cm³/mol. The number of hydrogen-bond acceptors (Lipinski definition) is 10. The molecule has 11 nitrogen and oxygen atoms in total. The number of carbonyl (C=O) groups is 3. The van der Waals surface area contributed by atoms with E-state index in [9.17, 15) is 28.9 Å². The summed E-state index contributed by atoms with van der Waals surface area (Å²) in [5.41, 5.74) is 0. The van der Waals surface area contributed by atoms with Gasteiger partial charge >= 0.3 is 25.7 Å². The van der Waals surface area contributed by atoms with E-state index in [1.54, 1.807) is 0 Å². The van der Waals surface area contributed by atoms with Gasteiger partial charge in [-0.05, 0) is 116 Å². The third-order valence-electron chi connectivity index (χ3n) is 11.0. The van der Waals surface area contributed by atoms with Crippen LogP contribution in [0.2, 0.25) is 0 Å². The summed E-state index contributed by atoms with van der Waals surface area (Å²) in [5, 5.41) is 9.79. The van der Waals surface area contributed by atoms with E-state index in [2.05, 4.69) is 118 Å². The Morgan fingerprint density at radius 1 is 0.414 bits per heavy atom. The molecule has 0 aromatic carbocycles. The molecule has 0 radical (unpaired) electrons. The summed E-state index contributed by atoms with van der Waals surface area (Å²) < 4.78 is 39.4. The van der Waals surface area contributed by atoms with Gasteiger partial charge in [0.2, 0.25) is 0 Å². The standard InChI is InChI=1S/C58H97O11P/c1-4-7-10-13-16-19-22-25-26-27-28-31-34-37-40-43-46-49-58(62)69-55(51-65-56(60)47-44-41-38-35-32-29-23-20-17-14-11-8-5-2)53-67-70(63,64)66-52-54(50-59)68-57(61)48-45-42-39-36-33-30-24-21-18-15-12-9-6-3/h7-8,10-11,16-17,19-21,24-26,28-29,31-32,54-55,59H,4-6,9,12-15,18,22-23,27,30,33-53H2,1-3H3,(H,63,64)/b10-7-,11-8-,19-16-,20-17-,24-21-,26-25-,31-28-,32-29-.